The van der Waals surface area contributed by atoms with Crippen molar-refractivity contribution >= 4 is 19.2 Å². The molecule has 0 N–H and O–H groups in total. The van der Waals surface area contributed by atoms with Crippen molar-refractivity contribution in [2.24, 2.45) is 0 Å². The zero-order valence-electron chi connectivity index (χ0n) is 11.9. The molecule has 0 atom stereocenters. The summed E-state index contributed by atoms with van der Waals surface area (Å²) in [6, 6.07) is 7.49. The van der Waals surface area contributed by atoms with Crippen LogP contribution in [0.5, 0.6) is 0 Å². The normalized spacial score (nSPS) is 11.1. The Kier molecular flexibility index (Phi) is 5.98. The molecule has 1 aromatic rings. The van der Waals surface area contributed by atoms with Crippen LogP contribution in [0.15, 0.2) is 36.5 Å². The second-order valence-electron chi connectivity index (χ2n) is 5.05. The van der Waals surface area contributed by atoms with Crippen LogP contribution >= 0.6 is 0 Å². The van der Waals surface area contributed by atoms with Gasteiger partial charge in [-0.15, -0.1) is 6.58 Å². The van der Waals surface area contributed by atoms with Crippen LogP contribution < -0.4 is 5.19 Å². The molecule has 0 aromatic heterocycles. The fourth-order valence-corrected chi connectivity index (χ4v) is 2.76. The third kappa shape index (κ3) is 4.65. The summed E-state index contributed by atoms with van der Waals surface area (Å²) >= 11 is 0. The van der Waals surface area contributed by atoms with Crippen LogP contribution in [0.2, 0.25) is 13.1 Å². The van der Waals surface area contributed by atoms with Crippen LogP contribution in [0.4, 0.5) is 0 Å². The van der Waals surface area contributed by atoms with Gasteiger partial charge in [0.15, 0.2) is 0 Å². The Balaban J connectivity index is 2.61. The largest absolute Gasteiger partial charge is 0.373 e. The van der Waals surface area contributed by atoms with E-state index in [9.17, 15) is 4.79 Å². The van der Waals surface area contributed by atoms with Gasteiger partial charge in [0.25, 0.3) is 0 Å². The molecule has 0 amide bonds. The van der Waals surface area contributed by atoms with E-state index in [0.717, 1.165) is 12.8 Å². The van der Waals surface area contributed by atoms with E-state index in [0.29, 0.717) is 12.2 Å². The Labute approximate surface area is 116 Å². The summed E-state index contributed by atoms with van der Waals surface area (Å²) in [7, 11) is -1.57. The third-order valence-electron chi connectivity index (χ3n) is 3.09. The maximum atomic E-state index is 11.7. The van der Waals surface area contributed by atoms with E-state index in [1.165, 1.54) is 5.19 Å². The topological polar surface area (TPSA) is 35.5 Å². The number of carbonyl (C=O) groups is 1. The number of hydrogen-bond acceptors (Lipinski definition) is 3. The summed E-state index contributed by atoms with van der Waals surface area (Å²) in [5, 5.41) is 1.24. The lowest BCUT2D eigenvalue weighted by Gasteiger charge is -2.17. The average Bonchev–Trinajstić information content (AvgIpc) is 2.43. The molecule has 3 nitrogen and oxygen atoms in total. The molecule has 19 heavy (non-hydrogen) atoms. The van der Waals surface area contributed by atoms with Gasteiger partial charge >= 0.3 is 5.97 Å². The lowest BCUT2D eigenvalue weighted by Crippen LogP contribution is -2.39. The van der Waals surface area contributed by atoms with E-state index in [-0.39, 0.29) is 0 Å². The zero-order valence-corrected chi connectivity index (χ0v) is 12.9. The second-order valence-corrected chi connectivity index (χ2v) is 9.48. The Hall–Kier alpha value is -1.39. The molecule has 0 aliphatic carbocycles. The third-order valence-corrected chi connectivity index (χ3v) is 5.93. The van der Waals surface area contributed by atoms with Crippen LogP contribution in [-0.2, 0) is 9.78 Å². The maximum absolute atomic E-state index is 11.7. The number of carbonyl (C=O) groups excluding carboxylic acids is 1. The van der Waals surface area contributed by atoms with Crippen molar-refractivity contribution in [2.75, 3.05) is 6.61 Å². The fraction of sp³-hybridized carbons (Fsp3) is 0.400. The van der Waals surface area contributed by atoms with Crippen molar-refractivity contribution < 1.29 is 14.6 Å². The Morgan fingerprint density at radius 2 is 1.95 bits per heavy atom. The predicted octanol–water partition coefficient (Wildman–Crippen LogP) is 3.22. The van der Waals surface area contributed by atoms with E-state index < -0.39 is 14.0 Å². The molecule has 104 valence electrons. The van der Waals surface area contributed by atoms with Crippen molar-refractivity contribution in [3.8, 4) is 0 Å². The highest BCUT2D eigenvalue weighted by Gasteiger charge is 2.19. The van der Waals surface area contributed by atoms with E-state index in [1.807, 2.05) is 17.8 Å². The molecule has 0 spiro atoms. The van der Waals surface area contributed by atoms with Crippen molar-refractivity contribution in [2.45, 2.75) is 32.9 Å². The number of rotatable bonds is 7. The van der Waals surface area contributed by atoms with E-state index >= 15 is 0 Å². The van der Waals surface area contributed by atoms with Gasteiger partial charge < -0.3 is 0 Å². The Morgan fingerprint density at radius 1 is 1.32 bits per heavy atom. The molecule has 1 rings (SSSR count). The Morgan fingerprint density at radius 3 is 2.47 bits per heavy atom. The minimum Gasteiger partial charge on any atom is -0.293 e. The first-order valence-electron chi connectivity index (χ1n) is 6.59. The minimum absolute atomic E-state index is 0.441. The first kappa shape index (κ1) is 15.7. The standard InChI is InChI=1S/C15H22O3Si/c1-5-7-12-17-18-15(16)13-8-10-14(11-9-13)19(3,4)6-2/h6,8-11H,2,5,7,12H2,1,3-4H3. The summed E-state index contributed by atoms with van der Waals surface area (Å²) in [4.78, 5) is 21.3. The lowest BCUT2D eigenvalue weighted by atomic mass is 10.2. The van der Waals surface area contributed by atoms with Crippen LogP contribution in [0.3, 0.4) is 0 Å². The van der Waals surface area contributed by atoms with Gasteiger partial charge in [0.1, 0.15) is 8.07 Å². The summed E-state index contributed by atoms with van der Waals surface area (Å²) < 4.78 is 0. The molecule has 1 aromatic carbocycles. The van der Waals surface area contributed by atoms with Gasteiger partial charge in [-0.25, -0.2) is 4.79 Å². The molecule has 0 radical (unpaired) electrons. The molecule has 0 saturated heterocycles. The number of benzene rings is 1. The summed E-state index contributed by atoms with van der Waals surface area (Å²) in [5.41, 5.74) is 2.53. The highest BCUT2D eigenvalue weighted by molar-refractivity contribution is 6.93. The van der Waals surface area contributed by atoms with E-state index in [2.05, 4.69) is 26.6 Å². The van der Waals surface area contributed by atoms with Crippen molar-refractivity contribution in [1.82, 2.24) is 0 Å². The molecule has 0 aliphatic heterocycles. The molecule has 0 aliphatic rings. The average molecular weight is 278 g/mol. The molecule has 0 heterocycles. The van der Waals surface area contributed by atoms with Crippen LogP contribution in [0.25, 0.3) is 0 Å². The summed E-state index contributed by atoms with van der Waals surface area (Å²) in [6.45, 7) is 10.8. The van der Waals surface area contributed by atoms with Gasteiger partial charge in [0.2, 0.25) is 0 Å². The molecule has 4 heteroatoms. The fourth-order valence-electron chi connectivity index (χ4n) is 1.50. The van der Waals surface area contributed by atoms with Gasteiger partial charge in [0.05, 0.1) is 12.2 Å². The first-order valence-corrected chi connectivity index (χ1v) is 9.67. The molecule has 0 unspecified atom stereocenters. The summed E-state index contributed by atoms with van der Waals surface area (Å²) in [5.74, 6) is -0.444. The number of hydrogen-bond donors (Lipinski definition) is 0. The molecular formula is C15H22O3Si. The van der Waals surface area contributed by atoms with Gasteiger partial charge in [-0.2, -0.15) is 4.89 Å². The zero-order chi connectivity index (χ0) is 14.3. The van der Waals surface area contributed by atoms with Crippen molar-refractivity contribution in [3.05, 3.63) is 42.1 Å². The van der Waals surface area contributed by atoms with E-state index in [1.54, 1.807) is 12.1 Å². The van der Waals surface area contributed by atoms with Gasteiger partial charge in [-0.3, -0.25) is 4.89 Å². The van der Waals surface area contributed by atoms with Gasteiger partial charge in [0, 0.05) is 0 Å². The molecule has 0 fully saturated rings. The van der Waals surface area contributed by atoms with E-state index in [4.69, 9.17) is 9.78 Å². The predicted molar refractivity (Wildman–Crippen MR) is 80.0 cm³/mol. The molecular weight excluding hydrogens is 256 g/mol. The molecule has 0 saturated carbocycles. The van der Waals surface area contributed by atoms with Gasteiger partial charge in [-0.1, -0.05) is 49.5 Å². The maximum Gasteiger partial charge on any atom is 0.373 e. The smallest absolute Gasteiger partial charge is 0.293 e. The highest BCUT2D eigenvalue weighted by atomic mass is 28.3. The minimum atomic E-state index is -1.57. The van der Waals surface area contributed by atoms with Crippen LogP contribution in [0.1, 0.15) is 30.1 Å². The highest BCUT2D eigenvalue weighted by Crippen LogP contribution is 2.07. The van der Waals surface area contributed by atoms with Crippen LogP contribution in [0, 0.1) is 0 Å². The van der Waals surface area contributed by atoms with Crippen molar-refractivity contribution in [3.63, 3.8) is 0 Å². The summed E-state index contributed by atoms with van der Waals surface area (Å²) in [6.07, 6.45) is 1.89. The van der Waals surface area contributed by atoms with Crippen molar-refractivity contribution in [1.29, 1.82) is 0 Å². The van der Waals surface area contributed by atoms with Gasteiger partial charge in [-0.05, 0) is 18.6 Å². The van der Waals surface area contributed by atoms with Crippen LogP contribution in [-0.4, -0.2) is 20.7 Å². The number of unbranched alkanes of at least 4 members (excludes halogenated alkanes) is 1. The lowest BCUT2D eigenvalue weighted by molar-refractivity contribution is -0.241. The Bertz CT molecular complexity index is 424. The quantitative estimate of drug-likeness (QED) is 0.332. The SMILES string of the molecule is C=C[Si](C)(C)c1ccc(C(=O)OOCCCC)cc1. The second kappa shape index (κ2) is 7.26. The monoisotopic (exact) mass is 278 g/mol. The molecule has 0 bridgehead atoms. The first-order chi connectivity index (χ1) is 9.01.